The largest absolute Gasteiger partial charge is 0.418 e. The predicted octanol–water partition coefficient (Wildman–Crippen LogP) is 1.09. The molecule has 1 amide bonds. The maximum atomic E-state index is 10.7. The molecule has 2 N–H and O–H groups in total. The van der Waals surface area contributed by atoms with Gasteiger partial charge >= 0.3 is 5.76 Å². The van der Waals surface area contributed by atoms with E-state index in [-0.39, 0.29) is 5.91 Å². The number of nitrogens with zero attached hydrogens (tertiary/aromatic N) is 2. The number of pyridine rings is 2. The lowest BCUT2D eigenvalue weighted by molar-refractivity contribution is -0.115. The summed E-state index contributed by atoms with van der Waals surface area (Å²) in [4.78, 5) is 31.5. The Labute approximate surface area is 112 Å². The van der Waals surface area contributed by atoms with Gasteiger partial charge in [0, 0.05) is 18.0 Å². The minimum Gasteiger partial charge on any atom is -0.406 e. The second-order valence-corrected chi connectivity index (χ2v) is 4.10. The van der Waals surface area contributed by atoms with E-state index in [4.69, 9.17) is 4.42 Å². The van der Waals surface area contributed by atoms with Crippen molar-refractivity contribution in [2.45, 2.75) is 6.42 Å². The summed E-state index contributed by atoms with van der Waals surface area (Å²) in [5, 5.41) is 2.65. The molecule has 0 spiro atoms. The van der Waals surface area contributed by atoms with E-state index < -0.39 is 5.76 Å². The standard InChI is InChI=1S/C7H6N2O.C6H4N2O2/c10-6-4-5-2-1-3-8-7(5)9-6;9-6-8-5-4(10-6)2-1-3-7-5/h1-3H,4H2,(H,8,9,10);1-3H,(H,7,8,9). The molecule has 20 heavy (non-hydrogen) atoms. The lowest BCUT2D eigenvalue weighted by Crippen LogP contribution is -2.04. The van der Waals surface area contributed by atoms with Crippen LogP contribution in [0.2, 0.25) is 0 Å². The molecule has 1 aliphatic rings. The summed E-state index contributed by atoms with van der Waals surface area (Å²) in [6.07, 6.45) is 3.74. The highest BCUT2D eigenvalue weighted by Crippen LogP contribution is 2.17. The molecule has 1 aliphatic heterocycles. The third-order valence-electron chi connectivity index (χ3n) is 2.69. The molecule has 0 atom stereocenters. The van der Waals surface area contributed by atoms with Crippen molar-refractivity contribution in [3.63, 3.8) is 0 Å². The molecule has 7 nitrogen and oxygen atoms in total. The van der Waals surface area contributed by atoms with Crippen molar-refractivity contribution in [1.29, 1.82) is 0 Å². The molecule has 100 valence electrons. The van der Waals surface area contributed by atoms with E-state index >= 15 is 0 Å². The van der Waals surface area contributed by atoms with Crippen molar-refractivity contribution < 1.29 is 9.21 Å². The summed E-state index contributed by atoms with van der Waals surface area (Å²) in [7, 11) is 0. The lowest BCUT2D eigenvalue weighted by Gasteiger charge is -1.91. The third-order valence-corrected chi connectivity index (χ3v) is 2.69. The maximum Gasteiger partial charge on any atom is 0.418 e. The average Bonchev–Trinajstić information content (AvgIpc) is 2.99. The van der Waals surface area contributed by atoms with Gasteiger partial charge in [-0.25, -0.2) is 14.8 Å². The number of nitrogens with one attached hydrogen (secondary N) is 2. The molecule has 0 aromatic carbocycles. The summed E-state index contributed by atoms with van der Waals surface area (Å²) in [5.41, 5.74) is 1.98. The number of carbonyl (C=O) groups excluding carboxylic acids is 1. The molecule has 0 aliphatic carbocycles. The fourth-order valence-electron chi connectivity index (χ4n) is 1.83. The number of amides is 1. The Hall–Kier alpha value is -2.96. The Morgan fingerprint density at radius 2 is 1.90 bits per heavy atom. The van der Waals surface area contributed by atoms with Crippen molar-refractivity contribution in [1.82, 2.24) is 15.0 Å². The first kappa shape index (κ1) is 12.1. The highest BCUT2D eigenvalue weighted by Gasteiger charge is 2.16. The van der Waals surface area contributed by atoms with Crippen molar-refractivity contribution in [2.24, 2.45) is 0 Å². The highest BCUT2D eigenvalue weighted by molar-refractivity contribution is 5.97. The average molecular weight is 270 g/mol. The fourth-order valence-corrected chi connectivity index (χ4v) is 1.83. The van der Waals surface area contributed by atoms with Gasteiger partial charge in [0.15, 0.2) is 11.2 Å². The summed E-state index contributed by atoms with van der Waals surface area (Å²) >= 11 is 0. The molecular weight excluding hydrogens is 260 g/mol. The second-order valence-electron chi connectivity index (χ2n) is 4.10. The highest BCUT2D eigenvalue weighted by atomic mass is 16.4. The number of anilines is 1. The molecule has 7 heteroatoms. The number of hydrogen-bond donors (Lipinski definition) is 2. The van der Waals surface area contributed by atoms with Crippen LogP contribution in [0.15, 0.2) is 45.9 Å². The van der Waals surface area contributed by atoms with Gasteiger partial charge in [0.2, 0.25) is 5.91 Å². The van der Waals surface area contributed by atoms with Crippen LogP contribution in [0.5, 0.6) is 0 Å². The first-order chi connectivity index (χ1) is 9.72. The van der Waals surface area contributed by atoms with Gasteiger partial charge in [0.1, 0.15) is 5.82 Å². The quantitative estimate of drug-likeness (QED) is 0.636. The predicted molar refractivity (Wildman–Crippen MR) is 71.2 cm³/mol. The van der Waals surface area contributed by atoms with E-state index in [1.807, 2.05) is 12.1 Å². The van der Waals surface area contributed by atoms with Gasteiger partial charge in [0.25, 0.3) is 0 Å². The smallest absolute Gasteiger partial charge is 0.406 e. The van der Waals surface area contributed by atoms with E-state index in [0.717, 1.165) is 5.56 Å². The first-order valence-electron chi connectivity index (χ1n) is 5.90. The van der Waals surface area contributed by atoms with Crippen LogP contribution in [0.3, 0.4) is 0 Å². The molecule has 3 aromatic heterocycles. The monoisotopic (exact) mass is 270 g/mol. The lowest BCUT2D eigenvalue weighted by atomic mass is 10.2. The first-order valence-corrected chi connectivity index (χ1v) is 5.90. The Kier molecular flexibility index (Phi) is 3.00. The Morgan fingerprint density at radius 1 is 1.10 bits per heavy atom. The molecular formula is C13H10N4O3. The van der Waals surface area contributed by atoms with Crippen LogP contribution in [0.4, 0.5) is 5.82 Å². The molecule has 0 radical (unpaired) electrons. The summed E-state index contributed by atoms with van der Waals surface area (Å²) in [6.45, 7) is 0. The summed E-state index contributed by atoms with van der Waals surface area (Å²) in [6, 6.07) is 7.12. The van der Waals surface area contributed by atoms with Gasteiger partial charge in [-0.05, 0) is 18.2 Å². The molecule has 0 saturated carbocycles. The zero-order chi connectivity index (χ0) is 13.9. The van der Waals surface area contributed by atoms with Crippen molar-refractivity contribution >= 4 is 23.0 Å². The van der Waals surface area contributed by atoms with Crippen LogP contribution in [-0.2, 0) is 11.2 Å². The minimum atomic E-state index is -0.464. The molecule has 4 heterocycles. The third kappa shape index (κ3) is 2.41. The number of H-pyrrole nitrogens is 1. The van der Waals surface area contributed by atoms with E-state index in [0.29, 0.717) is 23.5 Å². The van der Waals surface area contributed by atoms with Crippen LogP contribution in [0.25, 0.3) is 11.2 Å². The fraction of sp³-hybridized carbons (Fsp3) is 0.0769. The van der Waals surface area contributed by atoms with Crippen LogP contribution in [0.1, 0.15) is 5.56 Å². The Balaban J connectivity index is 0.000000121. The maximum absolute atomic E-state index is 10.7. The number of oxazole rings is 1. The zero-order valence-electron chi connectivity index (χ0n) is 10.3. The number of carbonyl (C=O) groups is 1. The van der Waals surface area contributed by atoms with E-state index in [1.54, 1.807) is 24.5 Å². The van der Waals surface area contributed by atoms with Gasteiger partial charge in [-0.3, -0.25) is 9.78 Å². The summed E-state index contributed by atoms with van der Waals surface area (Å²) in [5.74, 6) is 0.287. The molecule has 4 rings (SSSR count). The van der Waals surface area contributed by atoms with Crippen LogP contribution >= 0.6 is 0 Å². The molecule has 3 aromatic rings. The Bertz CT molecular complexity index is 758. The number of fused-ring (bicyclic) bond motifs is 2. The van der Waals surface area contributed by atoms with E-state index in [1.165, 1.54) is 0 Å². The van der Waals surface area contributed by atoms with Gasteiger partial charge in [-0.2, -0.15) is 0 Å². The molecule has 0 bridgehead atoms. The minimum absolute atomic E-state index is 0.0358. The SMILES string of the molecule is O=C1Cc2cccnc2N1.O=c1[nH]c2ncccc2o1. The van der Waals surface area contributed by atoms with Crippen molar-refractivity contribution in [2.75, 3.05) is 5.32 Å². The van der Waals surface area contributed by atoms with Gasteiger partial charge in [-0.15, -0.1) is 0 Å². The second kappa shape index (κ2) is 4.96. The van der Waals surface area contributed by atoms with Crippen LogP contribution in [-0.4, -0.2) is 20.9 Å². The Morgan fingerprint density at radius 3 is 2.70 bits per heavy atom. The molecule has 0 saturated heterocycles. The van der Waals surface area contributed by atoms with Crippen molar-refractivity contribution in [3.05, 3.63) is 52.8 Å². The molecule has 0 fully saturated rings. The number of rotatable bonds is 0. The normalized spacial score (nSPS) is 12.5. The van der Waals surface area contributed by atoms with Crippen LogP contribution < -0.4 is 11.1 Å². The molecule has 0 unspecified atom stereocenters. The van der Waals surface area contributed by atoms with E-state index in [9.17, 15) is 9.59 Å². The topological polar surface area (TPSA) is 101 Å². The van der Waals surface area contributed by atoms with Gasteiger partial charge in [0.05, 0.1) is 6.42 Å². The number of aromatic amines is 1. The van der Waals surface area contributed by atoms with E-state index in [2.05, 4.69) is 20.3 Å². The van der Waals surface area contributed by atoms with Crippen LogP contribution in [0, 0.1) is 0 Å². The number of aromatic nitrogens is 3. The van der Waals surface area contributed by atoms with Gasteiger partial charge < -0.3 is 9.73 Å². The van der Waals surface area contributed by atoms with Crippen molar-refractivity contribution in [3.8, 4) is 0 Å². The summed E-state index contributed by atoms with van der Waals surface area (Å²) < 4.78 is 4.69. The number of hydrogen-bond acceptors (Lipinski definition) is 5. The zero-order valence-corrected chi connectivity index (χ0v) is 10.3. The van der Waals surface area contributed by atoms with Gasteiger partial charge in [-0.1, -0.05) is 6.07 Å².